The molecule has 7 heteroatoms. The lowest BCUT2D eigenvalue weighted by Crippen LogP contribution is -2.25. The monoisotopic (exact) mass is 220 g/mol. The molecule has 1 rings (SSSR count). The minimum atomic E-state index is -4.70. The highest BCUT2D eigenvalue weighted by Gasteiger charge is 2.37. The minimum absolute atomic E-state index is 0.544. The van der Waals surface area contributed by atoms with Crippen molar-refractivity contribution >= 4 is 5.97 Å². The Balaban J connectivity index is 3.24. The molecule has 1 unspecified atom stereocenters. The quantitative estimate of drug-likeness (QED) is 0.784. The van der Waals surface area contributed by atoms with E-state index in [1.165, 1.54) is 6.07 Å². The van der Waals surface area contributed by atoms with E-state index in [1.54, 1.807) is 0 Å². The van der Waals surface area contributed by atoms with Gasteiger partial charge in [-0.05, 0) is 6.07 Å². The average molecular weight is 220 g/mol. The number of pyridine rings is 1. The number of hydrogen-bond acceptors (Lipinski definition) is 3. The van der Waals surface area contributed by atoms with Gasteiger partial charge in [0, 0.05) is 11.8 Å². The second kappa shape index (κ2) is 3.85. The van der Waals surface area contributed by atoms with Gasteiger partial charge in [-0.25, -0.2) is 0 Å². The normalized spacial score (nSPS) is 13.6. The number of alkyl halides is 3. The fraction of sp³-hybridized carbons (Fsp3) is 0.250. The second-order valence-corrected chi connectivity index (χ2v) is 2.75. The van der Waals surface area contributed by atoms with E-state index in [2.05, 4.69) is 4.98 Å². The number of carboxylic acids is 1. The Hall–Kier alpha value is -1.63. The molecule has 0 bridgehead atoms. The number of aromatic nitrogens is 1. The van der Waals surface area contributed by atoms with Crippen LogP contribution in [0.2, 0.25) is 0 Å². The lowest BCUT2D eigenvalue weighted by Gasteiger charge is -2.13. The van der Waals surface area contributed by atoms with Crippen LogP contribution in [0.4, 0.5) is 13.2 Å². The van der Waals surface area contributed by atoms with E-state index in [0.29, 0.717) is 0 Å². The van der Waals surface area contributed by atoms with E-state index in [0.717, 1.165) is 12.3 Å². The van der Waals surface area contributed by atoms with Gasteiger partial charge >= 0.3 is 12.1 Å². The summed E-state index contributed by atoms with van der Waals surface area (Å²) in [5.74, 6) is -1.53. The molecule has 1 atom stereocenters. The first kappa shape index (κ1) is 11.4. The third-order valence-electron chi connectivity index (χ3n) is 1.71. The zero-order valence-corrected chi connectivity index (χ0v) is 7.32. The standard InChI is InChI=1S/C8H7F3N2O2/c9-8(10,11)6-4(2-1-3-13-6)5(12)7(14)15/h1-3,5H,12H2,(H,14,15). The Labute approximate surface area is 82.5 Å². The molecule has 1 heterocycles. The molecular weight excluding hydrogens is 213 g/mol. The molecule has 0 aliphatic rings. The summed E-state index contributed by atoms with van der Waals surface area (Å²) < 4.78 is 37.1. The summed E-state index contributed by atoms with van der Waals surface area (Å²) in [5.41, 5.74) is 3.29. The van der Waals surface area contributed by atoms with E-state index < -0.39 is 29.4 Å². The summed E-state index contributed by atoms with van der Waals surface area (Å²) in [6, 6.07) is 0.470. The van der Waals surface area contributed by atoms with E-state index in [9.17, 15) is 18.0 Å². The molecule has 0 aliphatic carbocycles. The largest absolute Gasteiger partial charge is 0.480 e. The number of rotatable bonds is 2. The van der Waals surface area contributed by atoms with Crippen molar-refractivity contribution in [3.63, 3.8) is 0 Å². The summed E-state index contributed by atoms with van der Waals surface area (Å²) in [6.45, 7) is 0. The summed E-state index contributed by atoms with van der Waals surface area (Å²) in [6.07, 6.45) is -3.77. The zero-order valence-electron chi connectivity index (χ0n) is 7.32. The summed E-state index contributed by atoms with van der Waals surface area (Å²) in [7, 11) is 0. The van der Waals surface area contributed by atoms with E-state index in [-0.39, 0.29) is 0 Å². The molecule has 15 heavy (non-hydrogen) atoms. The lowest BCUT2D eigenvalue weighted by molar-refractivity contribution is -0.143. The molecule has 82 valence electrons. The second-order valence-electron chi connectivity index (χ2n) is 2.75. The van der Waals surface area contributed by atoms with Gasteiger partial charge in [0.15, 0.2) is 0 Å². The van der Waals surface area contributed by atoms with Crippen molar-refractivity contribution in [1.29, 1.82) is 0 Å². The molecule has 1 aromatic rings. The first-order valence-corrected chi connectivity index (χ1v) is 3.84. The zero-order chi connectivity index (χ0) is 11.6. The molecule has 0 saturated carbocycles. The van der Waals surface area contributed by atoms with Crippen LogP contribution in [0.25, 0.3) is 0 Å². The van der Waals surface area contributed by atoms with E-state index in [1.807, 2.05) is 0 Å². The van der Waals surface area contributed by atoms with Gasteiger partial charge in [0.2, 0.25) is 0 Å². The van der Waals surface area contributed by atoms with Gasteiger partial charge in [0.05, 0.1) is 0 Å². The van der Waals surface area contributed by atoms with Crippen molar-refractivity contribution < 1.29 is 23.1 Å². The van der Waals surface area contributed by atoms with Crippen LogP contribution in [0.15, 0.2) is 18.3 Å². The van der Waals surface area contributed by atoms with Crippen molar-refractivity contribution in [2.24, 2.45) is 5.73 Å². The van der Waals surface area contributed by atoms with Gasteiger partial charge in [-0.2, -0.15) is 13.2 Å². The van der Waals surface area contributed by atoms with Crippen LogP contribution in [-0.2, 0) is 11.0 Å². The average Bonchev–Trinajstić information content (AvgIpc) is 2.15. The van der Waals surface area contributed by atoms with Crippen LogP contribution >= 0.6 is 0 Å². The fourth-order valence-electron chi connectivity index (χ4n) is 1.04. The Morgan fingerprint density at radius 2 is 2.13 bits per heavy atom. The first-order chi connectivity index (χ1) is 6.84. The molecule has 0 aliphatic heterocycles. The Bertz CT molecular complexity index is 378. The number of hydrogen-bond donors (Lipinski definition) is 2. The van der Waals surface area contributed by atoms with Crippen LogP contribution in [-0.4, -0.2) is 16.1 Å². The maximum atomic E-state index is 12.4. The number of nitrogens with two attached hydrogens (primary N) is 1. The molecular formula is C8H7F3N2O2. The molecule has 3 N–H and O–H groups in total. The molecule has 0 spiro atoms. The molecule has 0 aromatic carbocycles. The van der Waals surface area contributed by atoms with Gasteiger partial charge in [0.1, 0.15) is 11.7 Å². The van der Waals surface area contributed by atoms with Crippen LogP contribution in [0.3, 0.4) is 0 Å². The maximum absolute atomic E-state index is 12.4. The van der Waals surface area contributed by atoms with Gasteiger partial charge in [-0.15, -0.1) is 0 Å². The predicted octanol–water partition coefficient (Wildman–Crippen LogP) is 1.18. The third-order valence-corrected chi connectivity index (χ3v) is 1.71. The maximum Gasteiger partial charge on any atom is 0.433 e. The summed E-state index contributed by atoms with van der Waals surface area (Å²) in [5, 5.41) is 8.51. The topological polar surface area (TPSA) is 76.2 Å². The van der Waals surface area contributed by atoms with Gasteiger partial charge < -0.3 is 10.8 Å². The highest BCUT2D eigenvalue weighted by atomic mass is 19.4. The number of halogens is 3. The molecule has 0 saturated heterocycles. The number of carbonyl (C=O) groups is 1. The van der Waals surface area contributed by atoms with Crippen molar-refractivity contribution in [3.05, 3.63) is 29.6 Å². The highest BCUT2D eigenvalue weighted by molar-refractivity contribution is 5.75. The SMILES string of the molecule is NC(C(=O)O)c1cccnc1C(F)(F)F. The molecule has 0 amide bonds. The highest BCUT2D eigenvalue weighted by Crippen LogP contribution is 2.32. The first-order valence-electron chi connectivity index (χ1n) is 3.84. The fourth-order valence-corrected chi connectivity index (χ4v) is 1.04. The number of carboxylic acid groups (broad SMARTS) is 1. The number of aliphatic carboxylic acids is 1. The van der Waals surface area contributed by atoms with E-state index in [4.69, 9.17) is 10.8 Å². The number of nitrogens with zero attached hydrogens (tertiary/aromatic N) is 1. The Morgan fingerprint density at radius 1 is 1.53 bits per heavy atom. The van der Waals surface area contributed by atoms with Gasteiger partial charge in [-0.3, -0.25) is 9.78 Å². The Morgan fingerprint density at radius 3 is 2.60 bits per heavy atom. The van der Waals surface area contributed by atoms with Crippen LogP contribution in [0.5, 0.6) is 0 Å². The van der Waals surface area contributed by atoms with E-state index >= 15 is 0 Å². The predicted molar refractivity (Wildman–Crippen MR) is 43.8 cm³/mol. The summed E-state index contributed by atoms with van der Waals surface area (Å²) in [4.78, 5) is 13.5. The van der Waals surface area contributed by atoms with Crippen LogP contribution in [0.1, 0.15) is 17.3 Å². The molecule has 0 fully saturated rings. The third kappa shape index (κ3) is 2.44. The van der Waals surface area contributed by atoms with Gasteiger partial charge in [-0.1, -0.05) is 6.07 Å². The molecule has 1 aromatic heterocycles. The van der Waals surface area contributed by atoms with Crippen molar-refractivity contribution in [2.45, 2.75) is 12.2 Å². The van der Waals surface area contributed by atoms with Crippen molar-refractivity contribution in [3.8, 4) is 0 Å². The minimum Gasteiger partial charge on any atom is -0.480 e. The van der Waals surface area contributed by atoms with Crippen LogP contribution in [0, 0.1) is 0 Å². The smallest absolute Gasteiger partial charge is 0.433 e. The van der Waals surface area contributed by atoms with Crippen LogP contribution < -0.4 is 5.73 Å². The molecule has 0 radical (unpaired) electrons. The van der Waals surface area contributed by atoms with Crippen molar-refractivity contribution in [2.75, 3.05) is 0 Å². The van der Waals surface area contributed by atoms with Gasteiger partial charge in [0.25, 0.3) is 0 Å². The van der Waals surface area contributed by atoms with Crippen molar-refractivity contribution in [1.82, 2.24) is 4.98 Å². The summed E-state index contributed by atoms with van der Waals surface area (Å²) >= 11 is 0. The Kier molecular flexibility index (Phi) is 2.94. The lowest BCUT2D eigenvalue weighted by atomic mass is 10.1. The molecule has 4 nitrogen and oxygen atoms in total.